The van der Waals surface area contributed by atoms with E-state index in [2.05, 4.69) is 36.1 Å². The van der Waals surface area contributed by atoms with E-state index in [0.717, 1.165) is 5.56 Å². The molecular formula is C30H35N9O7. The summed E-state index contributed by atoms with van der Waals surface area (Å²) in [4.78, 5) is 27.5. The van der Waals surface area contributed by atoms with Crippen LogP contribution in [-0.2, 0) is 22.6 Å². The Morgan fingerprint density at radius 1 is 1.13 bits per heavy atom. The van der Waals surface area contributed by atoms with Crippen molar-refractivity contribution in [1.29, 1.82) is 0 Å². The summed E-state index contributed by atoms with van der Waals surface area (Å²) in [5.41, 5.74) is 10.8. The minimum Gasteiger partial charge on any atom is -0.496 e. The van der Waals surface area contributed by atoms with Crippen molar-refractivity contribution >= 4 is 23.9 Å². The quantitative estimate of drug-likeness (QED) is 0.124. The largest absolute Gasteiger partial charge is 0.496 e. The van der Waals surface area contributed by atoms with E-state index in [1.54, 1.807) is 43.5 Å². The van der Waals surface area contributed by atoms with Crippen LogP contribution in [0.25, 0.3) is 5.82 Å². The maximum atomic E-state index is 13.2. The molecule has 0 bridgehead atoms. The number of hydrogen-bond acceptors (Lipinski definition) is 14. The molecule has 1 aliphatic heterocycles. The zero-order valence-corrected chi connectivity index (χ0v) is 25.7. The van der Waals surface area contributed by atoms with Crippen molar-refractivity contribution in [3.63, 3.8) is 0 Å². The van der Waals surface area contributed by atoms with Crippen LogP contribution in [0.3, 0.4) is 0 Å². The fourth-order valence-corrected chi connectivity index (χ4v) is 4.48. The number of nitrogens with zero attached hydrogens (tertiary/aromatic N) is 7. The number of nitrogens with two attached hydrogens (primary N) is 1. The van der Waals surface area contributed by atoms with E-state index in [-0.39, 0.29) is 35.8 Å². The Balaban J connectivity index is 1.24. The van der Waals surface area contributed by atoms with E-state index in [1.165, 1.54) is 10.9 Å². The molecule has 46 heavy (non-hydrogen) atoms. The van der Waals surface area contributed by atoms with Gasteiger partial charge in [0.15, 0.2) is 5.69 Å². The van der Waals surface area contributed by atoms with E-state index in [4.69, 9.17) is 29.3 Å². The molecule has 0 spiro atoms. The topological polar surface area (TPSA) is 194 Å². The van der Waals surface area contributed by atoms with Crippen LogP contribution >= 0.6 is 0 Å². The number of morpholine rings is 1. The Bertz CT molecular complexity index is 1660. The molecule has 0 aliphatic carbocycles. The summed E-state index contributed by atoms with van der Waals surface area (Å²) < 4.78 is 28.2. The highest BCUT2D eigenvalue weighted by molar-refractivity contribution is 5.94. The summed E-state index contributed by atoms with van der Waals surface area (Å²) in [6.45, 7) is 7.29. The first-order valence-electron chi connectivity index (χ1n) is 14.6. The van der Waals surface area contributed by atoms with Gasteiger partial charge in [0.25, 0.3) is 5.91 Å². The van der Waals surface area contributed by atoms with Crippen LogP contribution in [0.4, 0.5) is 5.82 Å². The third-order valence-electron chi connectivity index (χ3n) is 6.87. The fourth-order valence-electron chi connectivity index (χ4n) is 4.48. The first kappa shape index (κ1) is 32.1. The number of hydrazone groups is 1. The molecular weight excluding hydrogens is 598 g/mol. The Labute approximate surface area is 264 Å². The van der Waals surface area contributed by atoms with Gasteiger partial charge in [-0.25, -0.2) is 14.8 Å². The molecule has 5 rings (SSSR count). The van der Waals surface area contributed by atoms with Crippen molar-refractivity contribution < 1.29 is 33.2 Å². The number of aromatic nitrogens is 5. The molecule has 0 radical (unpaired) electrons. The molecule has 0 atom stereocenters. The normalized spacial score (nSPS) is 13.7. The molecule has 2 aromatic heterocycles. The van der Waals surface area contributed by atoms with E-state index in [1.807, 2.05) is 19.9 Å². The number of rotatable bonds is 13. The number of methoxy groups -OCH3 is 1. The van der Waals surface area contributed by atoms with Crippen molar-refractivity contribution in [3.05, 3.63) is 70.5 Å². The number of benzene rings is 2. The lowest BCUT2D eigenvalue weighted by Gasteiger charge is -2.26. The van der Waals surface area contributed by atoms with Crippen LogP contribution in [0, 0.1) is 5.92 Å². The Morgan fingerprint density at radius 3 is 2.61 bits per heavy atom. The second kappa shape index (κ2) is 15.1. The summed E-state index contributed by atoms with van der Waals surface area (Å²) in [7, 11) is 1.56. The Kier molecular flexibility index (Phi) is 10.5. The molecule has 0 unspecified atom stereocenters. The number of amides is 1. The highest BCUT2D eigenvalue weighted by Gasteiger charge is 2.26. The maximum absolute atomic E-state index is 13.2. The summed E-state index contributed by atoms with van der Waals surface area (Å²) in [6, 6.07) is 12.1. The summed E-state index contributed by atoms with van der Waals surface area (Å²) in [5.74, 6) is 0.620. The first-order valence-corrected chi connectivity index (χ1v) is 14.6. The predicted molar refractivity (Wildman–Crippen MR) is 164 cm³/mol. The lowest BCUT2D eigenvalue weighted by molar-refractivity contribution is 0.0332. The summed E-state index contributed by atoms with van der Waals surface area (Å²) in [6.07, 6.45) is 1.49. The molecule has 1 fully saturated rings. The molecule has 1 aliphatic rings. The van der Waals surface area contributed by atoms with Crippen molar-refractivity contribution in [2.45, 2.75) is 27.0 Å². The standard InChI is InChI=1S/C30H35N9O7/c1-19(2)17-45-30(41)21-5-7-23(8-6-21)44-18-22-14-20(4-9-25(22)42-3)15-32-34-29(40)26-24(16-38-10-12-43-13-11-38)39(37-33-26)28-27(31)35-46-36-28/h4-9,14-15,19H,10-13,16-18H2,1-3H3,(H2,31,35)(H,34,40)/b32-15-. The SMILES string of the molecule is COc1ccc(/C=N\NC(=O)c2nnn(-c3nonc3N)c2CN2CCOCC2)cc1COc1ccc(C(=O)OCC(C)C)cc1. The zero-order valence-electron chi connectivity index (χ0n) is 25.7. The number of ether oxygens (including phenoxy) is 4. The smallest absolute Gasteiger partial charge is 0.338 e. The second-order valence-electron chi connectivity index (χ2n) is 10.7. The zero-order chi connectivity index (χ0) is 32.5. The van der Waals surface area contributed by atoms with Gasteiger partial charge in [-0.15, -0.1) is 5.10 Å². The number of nitrogens with one attached hydrogen (secondary N) is 1. The van der Waals surface area contributed by atoms with Gasteiger partial charge in [0.05, 0.1) is 44.4 Å². The van der Waals surface area contributed by atoms with Crippen LogP contribution < -0.4 is 20.6 Å². The lowest BCUT2D eigenvalue weighted by atomic mass is 10.1. The third-order valence-corrected chi connectivity index (χ3v) is 6.87. The molecule has 3 N–H and O–H groups in total. The van der Waals surface area contributed by atoms with Crippen LogP contribution in [0.2, 0.25) is 0 Å². The third kappa shape index (κ3) is 8.02. The van der Waals surface area contributed by atoms with E-state index >= 15 is 0 Å². The fraction of sp³-hybridized carbons (Fsp3) is 0.367. The maximum Gasteiger partial charge on any atom is 0.338 e. The lowest BCUT2D eigenvalue weighted by Crippen LogP contribution is -2.37. The van der Waals surface area contributed by atoms with Crippen molar-refractivity contribution in [2.75, 3.05) is 45.8 Å². The molecule has 1 saturated heterocycles. The molecule has 242 valence electrons. The highest BCUT2D eigenvalue weighted by Crippen LogP contribution is 2.23. The van der Waals surface area contributed by atoms with Crippen molar-refractivity contribution in [1.82, 2.24) is 35.6 Å². The van der Waals surface area contributed by atoms with Gasteiger partial charge in [-0.1, -0.05) is 19.1 Å². The Morgan fingerprint density at radius 2 is 1.91 bits per heavy atom. The molecule has 2 aromatic carbocycles. The molecule has 3 heterocycles. The number of carbonyl (C=O) groups is 2. The minimum absolute atomic E-state index is 0.0104. The first-order chi connectivity index (χ1) is 22.3. The summed E-state index contributed by atoms with van der Waals surface area (Å²) >= 11 is 0. The monoisotopic (exact) mass is 633 g/mol. The molecule has 0 saturated carbocycles. The van der Waals surface area contributed by atoms with Crippen LogP contribution in [-0.4, -0.2) is 88.3 Å². The van der Waals surface area contributed by atoms with Crippen molar-refractivity contribution in [2.24, 2.45) is 11.0 Å². The second-order valence-corrected chi connectivity index (χ2v) is 10.7. The average molecular weight is 634 g/mol. The summed E-state index contributed by atoms with van der Waals surface area (Å²) in [5, 5.41) is 19.7. The van der Waals surface area contributed by atoms with Crippen LogP contribution in [0.15, 0.2) is 52.2 Å². The van der Waals surface area contributed by atoms with Gasteiger partial charge in [0.2, 0.25) is 11.6 Å². The molecule has 4 aromatic rings. The number of carbonyl (C=O) groups excluding carboxylic acids is 2. The van der Waals surface area contributed by atoms with Gasteiger partial charge in [0, 0.05) is 25.2 Å². The van der Waals surface area contributed by atoms with Gasteiger partial charge in [0.1, 0.15) is 18.1 Å². The predicted octanol–water partition coefficient (Wildman–Crippen LogP) is 2.23. The average Bonchev–Trinajstić information content (AvgIpc) is 3.68. The van der Waals surface area contributed by atoms with E-state index in [9.17, 15) is 9.59 Å². The van der Waals surface area contributed by atoms with Crippen molar-refractivity contribution in [3.8, 4) is 17.3 Å². The van der Waals surface area contributed by atoms with Gasteiger partial charge in [-0.2, -0.15) is 9.78 Å². The van der Waals surface area contributed by atoms with E-state index in [0.29, 0.717) is 67.8 Å². The van der Waals surface area contributed by atoms with Crippen LogP contribution in [0.1, 0.15) is 51.5 Å². The molecule has 16 nitrogen and oxygen atoms in total. The minimum atomic E-state index is -0.575. The number of anilines is 1. The molecule has 1 amide bonds. The number of nitrogen functional groups attached to an aromatic ring is 1. The van der Waals surface area contributed by atoms with Gasteiger partial charge >= 0.3 is 5.97 Å². The van der Waals surface area contributed by atoms with Gasteiger partial charge < -0.3 is 24.7 Å². The van der Waals surface area contributed by atoms with Gasteiger partial charge in [-0.3, -0.25) is 9.69 Å². The number of hydrogen-bond donors (Lipinski definition) is 2. The number of esters is 1. The van der Waals surface area contributed by atoms with Crippen LogP contribution in [0.5, 0.6) is 11.5 Å². The highest BCUT2D eigenvalue weighted by atomic mass is 16.6. The van der Waals surface area contributed by atoms with Gasteiger partial charge in [-0.05, 0) is 64.3 Å². The van der Waals surface area contributed by atoms with E-state index < -0.39 is 5.91 Å². The Hall–Kier alpha value is -5.35. The molecule has 16 heteroatoms.